The zero-order valence-electron chi connectivity index (χ0n) is 11.9. The summed E-state index contributed by atoms with van der Waals surface area (Å²) < 4.78 is 20.0. The first-order valence-electron chi connectivity index (χ1n) is 6.72. The quantitative estimate of drug-likeness (QED) is 0.805. The Morgan fingerprint density at radius 3 is 2.68 bits per heavy atom. The predicted octanol–water partition coefficient (Wildman–Crippen LogP) is 2.67. The van der Waals surface area contributed by atoms with Crippen LogP contribution in [0.25, 0.3) is 0 Å². The van der Waals surface area contributed by atoms with Gasteiger partial charge in [0, 0.05) is 19.4 Å². The molecule has 3 rings (SSSR count). The number of halogens is 1. The number of benzene rings is 1. The Labute approximate surface area is 126 Å². The third kappa shape index (κ3) is 2.76. The van der Waals surface area contributed by atoms with Crippen LogP contribution in [0.2, 0.25) is 0 Å². The molecule has 1 aromatic carbocycles. The molecule has 0 aliphatic heterocycles. The minimum Gasteiger partial charge on any atom is -0.459 e. The molecule has 1 atom stereocenters. The number of aryl methyl sites for hydroxylation is 1. The summed E-state index contributed by atoms with van der Waals surface area (Å²) in [6, 6.07) is 8.67. The summed E-state index contributed by atoms with van der Waals surface area (Å²) in [6.07, 6.45) is 4.86. The van der Waals surface area contributed by atoms with E-state index in [1.807, 2.05) is 7.05 Å². The van der Waals surface area contributed by atoms with Crippen LogP contribution in [0, 0.1) is 5.82 Å². The highest BCUT2D eigenvalue weighted by Crippen LogP contribution is 2.21. The molecule has 6 heteroatoms. The molecule has 0 unspecified atom stereocenters. The number of furan rings is 1. The fourth-order valence-electron chi connectivity index (χ4n) is 2.22. The molecule has 0 radical (unpaired) electrons. The summed E-state index contributed by atoms with van der Waals surface area (Å²) in [5.41, 5.74) is 0.732. The van der Waals surface area contributed by atoms with Crippen molar-refractivity contribution in [1.29, 1.82) is 0 Å². The first-order valence-corrected chi connectivity index (χ1v) is 6.72. The zero-order chi connectivity index (χ0) is 15.5. The van der Waals surface area contributed by atoms with Gasteiger partial charge in [-0.25, -0.2) is 9.37 Å². The highest BCUT2D eigenvalue weighted by atomic mass is 19.1. The normalized spacial score (nSPS) is 12.1. The van der Waals surface area contributed by atoms with Crippen molar-refractivity contribution in [3.8, 4) is 0 Å². The summed E-state index contributed by atoms with van der Waals surface area (Å²) in [6.45, 7) is 0. The van der Waals surface area contributed by atoms with Gasteiger partial charge in [0.1, 0.15) is 17.7 Å². The van der Waals surface area contributed by atoms with Crippen LogP contribution in [0.1, 0.15) is 28.0 Å². The van der Waals surface area contributed by atoms with Gasteiger partial charge in [0.2, 0.25) is 0 Å². The van der Waals surface area contributed by atoms with Gasteiger partial charge in [-0.1, -0.05) is 12.1 Å². The largest absolute Gasteiger partial charge is 0.459 e. The average molecular weight is 299 g/mol. The van der Waals surface area contributed by atoms with Crippen LogP contribution in [0.5, 0.6) is 0 Å². The predicted molar refractivity (Wildman–Crippen MR) is 77.6 cm³/mol. The topological polar surface area (TPSA) is 60.1 Å². The van der Waals surface area contributed by atoms with Crippen LogP contribution in [-0.4, -0.2) is 15.5 Å². The Bertz CT molecular complexity index is 763. The van der Waals surface area contributed by atoms with E-state index in [0.717, 1.165) is 5.56 Å². The minimum absolute atomic E-state index is 0.210. The zero-order valence-corrected chi connectivity index (χ0v) is 11.9. The van der Waals surface area contributed by atoms with Crippen LogP contribution in [0.15, 0.2) is 59.5 Å². The molecule has 1 N–H and O–H groups in total. The standard InChI is InChI=1S/C16H14FN3O2/c1-20-9-8-18-15(20)14(11-4-6-12(17)7-5-11)19-16(21)13-3-2-10-22-13/h2-10,14H,1H3,(H,19,21)/t14-/m1/s1. The van der Waals surface area contributed by atoms with Crippen molar-refractivity contribution < 1.29 is 13.6 Å². The van der Waals surface area contributed by atoms with Crippen molar-refractivity contribution in [3.05, 3.63) is 78.0 Å². The fourth-order valence-corrected chi connectivity index (χ4v) is 2.22. The van der Waals surface area contributed by atoms with E-state index in [1.165, 1.54) is 18.4 Å². The summed E-state index contributed by atoms with van der Waals surface area (Å²) in [7, 11) is 1.83. The van der Waals surface area contributed by atoms with E-state index in [-0.39, 0.29) is 17.5 Å². The van der Waals surface area contributed by atoms with Gasteiger partial charge < -0.3 is 14.3 Å². The number of nitrogens with zero attached hydrogens (tertiary/aromatic N) is 2. The molecular weight excluding hydrogens is 285 g/mol. The monoisotopic (exact) mass is 299 g/mol. The van der Waals surface area contributed by atoms with Crippen LogP contribution >= 0.6 is 0 Å². The molecule has 0 saturated carbocycles. The summed E-state index contributed by atoms with van der Waals surface area (Å²) in [4.78, 5) is 16.5. The van der Waals surface area contributed by atoms with Crippen LogP contribution in [0.3, 0.4) is 0 Å². The van der Waals surface area contributed by atoms with Crippen LogP contribution < -0.4 is 5.32 Å². The molecule has 1 amide bonds. The smallest absolute Gasteiger partial charge is 0.287 e. The van der Waals surface area contributed by atoms with E-state index < -0.39 is 6.04 Å². The lowest BCUT2D eigenvalue weighted by atomic mass is 10.1. The van der Waals surface area contributed by atoms with Crippen molar-refractivity contribution >= 4 is 5.91 Å². The maximum absolute atomic E-state index is 13.1. The Morgan fingerprint density at radius 2 is 2.09 bits per heavy atom. The maximum atomic E-state index is 13.1. The third-order valence-electron chi connectivity index (χ3n) is 3.34. The van der Waals surface area contributed by atoms with Gasteiger partial charge in [0.25, 0.3) is 5.91 Å². The molecule has 5 nitrogen and oxygen atoms in total. The van der Waals surface area contributed by atoms with Gasteiger partial charge in [-0.2, -0.15) is 0 Å². The fraction of sp³-hybridized carbons (Fsp3) is 0.125. The van der Waals surface area contributed by atoms with Gasteiger partial charge in [0.05, 0.1) is 6.26 Å². The molecule has 0 bridgehead atoms. The number of amides is 1. The average Bonchev–Trinajstić information content (AvgIpc) is 3.17. The summed E-state index contributed by atoms with van der Waals surface area (Å²) in [5, 5.41) is 2.86. The van der Waals surface area contributed by atoms with Gasteiger partial charge in [-0.15, -0.1) is 0 Å². The van der Waals surface area contributed by atoms with Gasteiger partial charge in [-0.05, 0) is 29.8 Å². The van der Waals surface area contributed by atoms with E-state index in [1.54, 1.807) is 41.2 Å². The van der Waals surface area contributed by atoms with E-state index in [4.69, 9.17) is 4.42 Å². The molecular formula is C16H14FN3O2. The lowest BCUT2D eigenvalue weighted by Crippen LogP contribution is -2.30. The van der Waals surface area contributed by atoms with Crippen LogP contribution in [0.4, 0.5) is 4.39 Å². The first kappa shape index (κ1) is 14.1. The molecule has 0 saturated heterocycles. The second kappa shape index (κ2) is 5.85. The number of hydrogen-bond acceptors (Lipinski definition) is 3. The van der Waals surface area contributed by atoms with Crippen molar-refractivity contribution in [2.24, 2.45) is 7.05 Å². The van der Waals surface area contributed by atoms with Crippen molar-refractivity contribution in [2.45, 2.75) is 6.04 Å². The number of rotatable bonds is 4. The molecule has 22 heavy (non-hydrogen) atoms. The molecule has 2 heterocycles. The number of nitrogens with one attached hydrogen (secondary N) is 1. The summed E-state index contributed by atoms with van der Waals surface area (Å²) in [5.74, 6) is 0.162. The number of hydrogen-bond donors (Lipinski definition) is 1. The molecule has 0 spiro atoms. The maximum Gasteiger partial charge on any atom is 0.287 e. The second-order valence-corrected chi connectivity index (χ2v) is 4.83. The van der Waals surface area contributed by atoms with E-state index >= 15 is 0 Å². The molecule has 0 aliphatic carbocycles. The van der Waals surface area contributed by atoms with E-state index in [9.17, 15) is 9.18 Å². The third-order valence-corrected chi connectivity index (χ3v) is 3.34. The molecule has 112 valence electrons. The minimum atomic E-state index is -0.502. The first-order chi connectivity index (χ1) is 10.6. The molecule has 2 aromatic heterocycles. The van der Waals surface area contributed by atoms with Gasteiger partial charge >= 0.3 is 0 Å². The van der Waals surface area contributed by atoms with Gasteiger partial charge in [0.15, 0.2) is 5.76 Å². The Kier molecular flexibility index (Phi) is 3.74. The molecule has 0 aliphatic rings. The number of imidazole rings is 1. The lowest BCUT2D eigenvalue weighted by Gasteiger charge is -2.18. The molecule has 0 fully saturated rings. The Balaban J connectivity index is 1.95. The van der Waals surface area contributed by atoms with E-state index in [2.05, 4.69) is 10.3 Å². The Morgan fingerprint density at radius 1 is 1.32 bits per heavy atom. The van der Waals surface area contributed by atoms with Crippen LogP contribution in [-0.2, 0) is 7.05 Å². The second-order valence-electron chi connectivity index (χ2n) is 4.83. The van der Waals surface area contributed by atoms with Crippen molar-refractivity contribution in [2.75, 3.05) is 0 Å². The van der Waals surface area contributed by atoms with Crippen molar-refractivity contribution in [3.63, 3.8) is 0 Å². The lowest BCUT2D eigenvalue weighted by molar-refractivity contribution is 0.0913. The summed E-state index contributed by atoms with van der Waals surface area (Å²) >= 11 is 0. The number of aromatic nitrogens is 2. The highest BCUT2D eigenvalue weighted by Gasteiger charge is 2.22. The van der Waals surface area contributed by atoms with E-state index in [0.29, 0.717) is 5.82 Å². The number of carbonyl (C=O) groups excluding carboxylic acids is 1. The number of carbonyl (C=O) groups is 1. The Hall–Kier alpha value is -2.89. The van der Waals surface area contributed by atoms with Crippen molar-refractivity contribution in [1.82, 2.24) is 14.9 Å². The molecule has 3 aromatic rings. The highest BCUT2D eigenvalue weighted by molar-refractivity contribution is 5.91. The SMILES string of the molecule is Cn1ccnc1[C@H](NC(=O)c1ccco1)c1ccc(F)cc1. The van der Waals surface area contributed by atoms with Gasteiger partial charge in [-0.3, -0.25) is 4.79 Å².